The van der Waals surface area contributed by atoms with E-state index in [1.54, 1.807) is 0 Å². The minimum atomic E-state index is -4.65. The summed E-state index contributed by atoms with van der Waals surface area (Å²) in [7, 11) is 1.12. The molecule has 0 amide bonds. The number of rotatable bonds is 40. The van der Waals surface area contributed by atoms with Gasteiger partial charge in [0.05, 0.1) is 27.7 Å². The first-order valence-corrected chi connectivity index (χ1v) is 24.3. The Hall–Kier alpha value is -2.81. The smallest absolute Gasteiger partial charge is 0.306 e. The van der Waals surface area contributed by atoms with Gasteiger partial charge in [-0.1, -0.05) is 144 Å². The van der Waals surface area contributed by atoms with Gasteiger partial charge >= 0.3 is 11.9 Å². The van der Waals surface area contributed by atoms with E-state index in [-0.39, 0.29) is 26.1 Å². The number of nitrogens with zero attached hydrogens (tertiary/aromatic N) is 1. The van der Waals surface area contributed by atoms with Crippen LogP contribution in [-0.4, -0.2) is 70.0 Å². The van der Waals surface area contributed by atoms with Gasteiger partial charge in [-0.25, -0.2) is 0 Å². The van der Waals surface area contributed by atoms with Gasteiger partial charge in [0.25, 0.3) is 7.82 Å². The van der Waals surface area contributed by atoms with Crippen molar-refractivity contribution in [1.82, 2.24) is 0 Å². The number of quaternary nitrogens is 1. The highest BCUT2D eigenvalue weighted by Gasteiger charge is 2.21. The van der Waals surface area contributed by atoms with Crippen LogP contribution >= 0.6 is 7.82 Å². The minimum absolute atomic E-state index is 0.0453. The lowest BCUT2D eigenvalue weighted by Gasteiger charge is -2.28. The van der Waals surface area contributed by atoms with Gasteiger partial charge in [0.1, 0.15) is 19.8 Å². The molecule has 0 saturated carbocycles. The average molecular weight is 846 g/mol. The average Bonchev–Trinajstić information content (AvgIpc) is 3.19. The first kappa shape index (κ1) is 56.2. The summed E-state index contributed by atoms with van der Waals surface area (Å²) in [4.78, 5) is 37.6. The number of hydrogen-bond acceptors (Lipinski definition) is 8. The molecule has 9 nitrogen and oxygen atoms in total. The zero-order valence-corrected chi connectivity index (χ0v) is 38.8. The van der Waals surface area contributed by atoms with Gasteiger partial charge < -0.3 is 27.9 Å². The molecule has 0 fully saturated rings. The first-order valence-electron chi connectivity index (χ1n) is 22.8. The summed E-state index contributed by atoms with van der Waals surface area (Å²) in [6.07, 6.45) is 51.8. The SMILES string of the molecule is CC/C=C\C/C=C\C/C=C\C/C=C\C/C=C\C/C=C\CCCCC(=O)OC(COC(=O)CCCCCCC/C=C\CCCCCCC)COP(=O)([O-])OCC[N+](C)(C)C. The molecule has 2 atom stereocenters. The summed E-state index contributed by atoms with van der Waals surface area (Å²) in [6.45, 7) is 4.02. The molecular weight excluding hydrogens is 762 g/mol. The fourth-order valence-electron chi connectivity index (χ4n) is 5.59. The summed E-state index contributed by atoms with van der Waals surface area (Å²) in [5.74, 6) is -0.903. The molecule has 338 valence electrons. The van der Waals surface area contributed by atoms with Crippen LogP contribution in [0.25, 0.3) is 0 Å². The Balaban J connectivity index is 4.46. The molecule has 0 rings (SSSR count). The van der Waals surface area contributed by atoms with Crippen molar-refractivity contribution in [3.63, 3.8) is 0 Å². The Morgan fingerprint density at radius 3 is 1.49 bits per heavy atom. The third kappa shape index (κ3) is 44.6. The van der Waals surface area contributed by atoms with Crippen molar-refractivity contribution in [3.05, 3.63) is 85.1 Å². The second kappa shape index (κ2) is 40.6. The predicted octanol–water partition coefficient (Wildman–Crippen LogP) is 12.6. The minimum Gasteiger partial charge on any atom is -0.756 e. The number of likely N-dealkylation sites (N-methyl/N-ethyl adjacent to an activating group) is 1. The largest absolute Gasteiger partial charge is 0.756 e. The van der Waals surface area contributed by atoms with Gasteiger partial charge in [-0.05, 0) is 89.9 Å². The molecule has 59 heavy (non-hydrogen) atoms. The Labute approximate surface area is 361 Å². The molecule has 0 saturated heterocycles. The first-order chi connectivity index (χ1) is 28.5. The van der Waals surface area contributed by atoms with Gasteiger partial charge in [0.2, 0.25) is 0 Å². The van der Waals surface area contributed by atoms with E-state index in [4.69, 9.17) is 18.5 Å². The number of phosphoric acid groups is 1. The Kier molecular flexibility index (Phi) is 38.7. The van der Waals surface area contributed by atoms with Crippen LogP contribution in [0.5, 0.6) is 0 Å². The normalized spacial score (nSPS) is 14.3. The van der Waals surface area contributed by atoms with Crippen molar-refractivity contribution in [3.8, 4) is 0 Å². The molecule has 0 aliphatic heterocycles. The van der Waals surface area contributed by atoms with Crippen LogP contribution in [-0.2, 0) is 32.7 Å². The van der Waals surface area contributed by atoms with E-state index >= 15 is 0 Å². The van der Waals surface area contributed by atoms with Crippen LogP contribution in [0.1, 0.15) is 162 Å². The van der Waals surface area contributed by atoms with Gasteiger partial charge in [-0.2, -0.15) is 0 Å². The maximum absolute atomic E-state index is 12.7. The van der Waals surface area contributed by atoms with Crippen molar-refractivity contribution in [2.45, 2.75) is 168 Å². The van der Waals surface area contributed by atoms with Crippen molar-refractivity contribution in [1.29, 1.82) is 0 Å². The number of carbonyl (C=O) groups excluding carboxylic acids is 2. The molecular formula is C49H84NO8P. The van der Waals surface area contributed by atoms with Crippen LogP contribution in [0.2, 0.25) is 0 Å². The lowest BCUT2D eigenvalue weighted by atomic mass is 10.1. The van der Waals surface area contributed by atoms with E-state index in [1.807, 2.05) is 21.1 Å². The fourth-order valence-corrected chi connectivity index (χ4v) is 6.32. The topological polar surface area (TPSA) is 111 Å². The maximum Gasteiger partial charge on any atom is 0.306 e. The van der Waals surface area contributed by atoms with Gasteiger partial charge in [0.15, 0.2) is 6.10 Å². The highest BCUT2D eigenvalue weighted by molar-refractivity contribution is 7.45. The zero-order valence-electron chi connectivity index (χ0n) is 37.9. The summed E-state index contributed by atoms with van der Waals surface area (Å²) in [5.41, 5.74) is 0. The molecule has 0 spiro atoms. The van der Waals surface area contributed by atoms with E-state index in [0.29, 0.717) is 23.9 Å². The quantitative estimate of drug-likeness (QED) is 0.0197. The van der Waals surface area contributed by atoms with Crippen molar-refractivity contribution >= 4 is 19.8 Å². The fraction of sp³-hybridized carbons (Fsp3) is 0.673. The summed E-state index contributed by atoms with van der Waals surface area (Å²) < 4.78 is 33.9. The molecule has 0 aromatic heterocycles. The van der Waals surface area contributed by atoms with E-state index < -0.39 is 32.5 Å². The number of carbonyl (C=O) groups is 2. The molecule has 0 aromatic rings. The van der Waals surface area contributed by atoms with Crippen LogP contribution in [0.15, 0.2) is 85.1 Å². The van der Waals surface area contributed by atoms with Crippen LogP contribution < -0.4 is 4.89 Å². The van der Waals surface area contributed by atoms with Crippen molar-refractivity contribution in [2.75, 3.05) is 47.5 Å². The second-order valence-corrected chi connectivity index (χ2v) is 17.4. The van der Waals surface area contributed by atoms with Crippen molar-refractivity contribution in [2.24, 2.45) is 0 Å². The maximum atomic E-state index is 12.7. The predicted molar refractivity (Wildman–Crippen MR) is 245 cm³/mol. The molecule has 2 unspecified atom stereocenters. The van der Waals surface area contributed by atoms with Crippen molar-refractivity contribution < 1.29 is 42.1 Å². The molecule has 0 N–H and O–H groups in total. The number of esters is 2. The number of unbranched alkanes of at least 4 members (excludes halogenated alkanes) is 12. The van der Waals surface area contributed by atoms with Gasteiger partial charge in [-0.15, -0.1) is 0 Å². The lowest BCUT2D eigenvalue weighted by molar-refractivity contribution is -0.870. The molecule has 0 heterocycles. The lowest BCUT2D eigenvalue weighted by Crippen LogP contribution is -2.37. The highest BCUT2D eigenvalue weighted by Crippen LogP contribution is 2.38. The molecule has 0 aliphatic carbocycles. The third-order valence-electron chi connectivity index (χ3n) is 9.15. The number of phosphoric ester groups is 1. The van der Waals surface area contributed by atoms with Crippen LogP contribution in [0.3, 0.4) is 0 Å². The molecule has 0 aromatic carbocycles. The summed E-state index contributed by atoms with van der Waals surface area (Å²) >= 11 is 0. The number of allylic oxidation sites excluding steroid dienone is 14. The standard InChI is InChI=1S/C49H84NO8P/c1-6-8-10-12-14-16-18-20-22-23-24-25-26-27-28-30-32-34-36-38-40-42-49(52)58-47(46-57-59(53,54)56-44-43-50(3,4)5)45-55-48(51)41-39-37-35-33-31-29-21-19-17-15-13-11-9-7-2/h8,10,14,16,19-22,24-25,27-28,32,34,47H,6-7,9,11-13,15,17-18,23,26,29-31,33,35-46H2,1-5H3/b10-8-,16-14-,21-19-,22-20-,25-24-,28-27-,34-32-. The molecule has 0 aliphatic rings. The van der Waals surface area contributed by atoms with Gasteiger partial charge in [-0.3, -0.25) is 14.2 Å². The number of ether oxygens (including phenoxy) is 2. The second-order valence-electron chi connectivity index (χ2n) is 16.0. The monoisotopic (exact) mass is 846 g/mol. The zero-order chi connectivity index (χ0) is 43.6. The van der Waals surface area contributed by atoms with Crippen LogP contribution in [0.4, 0.5) is 0 Å². The van der Waals surface area contributed by atoms with E-state index in [2.05, 4.69) is 98.9 Å². The highest BCUT2D eigenvalue weighted by atomic mass is 31.2. The Morgan fingerprint density at radius 1 is 0.542 bits per heavy atom. The van der Waals surface area contributed by atoms with E-state index in [0.717, 1.165) is 83.5 Å². The van der Waals surface area contributed by atoms with Crippen LogP contribution in [0, 0.1) is 0 Å². The summed E-state index contributed by atoms with van der Waals surface area (Å²) in [6, 6.07) is 0. The molecule has 10 heteroatoms. The Bertz CT molecular complexity index is 1280. The van der Waals surface area contributed by atoms with Gasteiger partial charge in [0, 0.05) is 12.8 Å². The third-order valence-corrected chi connectivity index (χ3v) is 10.1. The summed E-state index contributed by atoms with van der Waals surface area (Å²) in [5, 5.41) is 0. The number of hydrogen-bond donors (Lipinski definition) is 0. The van der Waals surface area contributed by atoms with E-state index in [1.165, 1.54) is 38.5 Å². The molecule has 0 bridgehead atoms. The molecule has 0 radical (unpaired) electrons. The van der Waals surface area contributed by atoms with E-state index in [9.17, 15) is 19.0 Å². The Morgan fingerprint density at radius 2 is 0.966 bits per heavy atom.